The number of aryl methyl sites for hydroxylation is 2. The monoisotopic (exact) mass is 319 g/mol. The van der Waals surface area contributed by atoms with Crippen LogP contribution in [0.4, 0.5) is 11.4 Å². The molecule has 0 atom stereocenters. The van der Waals surface area contributed by atoms with E-state index in [0.29, 0.717) is 0 Å². The number of hydrogen-bond donors (Lipinski definition) is 1. The van der Waals surface area contributed by atoms with Gasteiger partial charge in [-0.25, -0.2) is 0 Å². The highest BCUT2D eigenvalue weighted by molar-refractivity contribution is 9.10. The molecule has 1 N–H and O–H groups in total. The van der Waals surface area contributed by atoms with Gasteiger partial charge < -0.3 is 10.0 Å². The van der Waals surface area contributed by atoms with Crippen LogP contribution in [0.5, 0.6) is 0 Å². The van der Waals surface area contributed by atoms with Gasteiger partial charge in [0.2, 0.25) is 0 Å². The molecule has 0 bridgehead atoms. The maximum atomic E-state index is 9.50. The number of benzene rings is 2. The van der Waals surface area contributed by atoms with E-state index < -0.39 is 0 Å². The molecule has 0 radical (unpaired) electrons. The van der Waals surface area contributed by atoms with Crippen molar-refractivity contribution in [2.24, 2.45) is 0 Å². The molecule has 19 heavy (non-hydrogen) atoms. The third kappa shape index (κ3) is 2.99. The summed E-state index contributed by atoms with van der Waals surface area (Å²) in [4.78, 5) is 2.12. The summed E-state index contributed by atoms with van der Waals surface area (Å²) < 4.78 is 0.981. The van der Waals surface area contributed by atoms with Gasteiger partial charge in [0.25, 0.3) is 0 Å². The first kappa shape index (κ1) is 14.1. The SMILES string of the molecule is Cc1ccc(N(C)c2ccc(Br)cc2CO)c(C)c1. The quantitative estimate of drug-likeness (QED) is 0.910. The molecule has 2 aromatic carbocycles. The molecule has 2 aromatic rings. The number of halogens is 1. The van der Waals surface area contributed by atoms with E-state index in [2.05, 4.69) is 52.9 Å². The zero-order valence-corrected chi connectivity index (χ0v) is 13.0. The summed E-state index contributed by atoms with van der Waals surface area (Å²) >= 11 is 3.44. The predicted molar refractivity (Wildman–Crippen MR) is 84.0 cm³/mol. The fourth-order valence-electron chi connectivity index (χ4n) is 2.32. The Labute approximate surface area is 122 Å². The van der Waals surface area contributed by atoms with Gasteiger partial charge in [-0.05, 0) is 43.7 Å². The van der Waals surface area contributed by atoms with Crippen LogP contribution in [0.15, 0.2) is 40.9 Å². The van der Waals surface area contributed by atoms with E-state index in [0.717, 1.165) is 21.4 Å². The maximum absolute atomic E-state index is 9.50. The summed E-state index contributed by atoms with van der Waals surface area (Å²) in [6.45, 7) is 4.23. The average Bonchev–Trinajstić information content (AvgIpc) is 2.37. The van der Waals surface area contributed by atoms with Crippen LogP contribution in [0.3, 0.4) is 0 Å². The first-order chi connectivity index (χ1) is 9.02. The van der Waals surface area contributed by atoms with Gasteiger partial charge in [-0.3, -0.25) is 0 Å². The van der Waals surface area contributed by atoms with Gasteiger partial charge in [0, 0.05) is 28.5 Å². The van der Waals surface area contributed by atoms with E-state index in [1.165, 1.54) is 11.1 Å². The smallest absolute Gasteiger partial charge is 0.0702 e. The van der Waals surface area contributed by atoms with Gasteiger partial charge in [-0.1, -0.05) is 33.6 Å². The second-order valence-electron chi connectivity index (χ2n) is 4.78. The van der Waals surface area contributed by atoms with E-state index in [1.54, 1.807) is 0 Å². The Morgan fingerprint density at radius 1 is 1.05 bits per heavy atom. The third-order valence-corrected chi connectivity index (χ3v) is 3.78. The normalized spacial score (nSPS) is 10.6. The summed E-state index contributed by atoms with van der Waals surface area (Å²) in [5.74, 6) is 0. The van der Waals surface area contributed by atoms with Crippen LogP contribution < -0.4 is 4.90 Å². The first-order valence-electron chi connectivity index (χ1n) is 6.23. The molecule has 0 aliphatic carbocycles. The summed E-state index contributed by atoms with van der Waals surface area (Å²) in [6.07, 6.45) is 0. The molecule has 0 amide bonds. The van der Waals surface area contributed by atoms with Crippen molar-refractivity contribution in [1.82, 2.24) is 0 Å². The zero-order valence-electron chi connectivity index (χ0n) is 11.4. The van der Waals surface area contributed by atoms with Gasteiger partial charge in [-0.15, -0.1) is 0 Å². The second kappa shape index (κ2) is 5.76. The Balaban J connectivity index is 2.46. The maximum Gasteiger partial charge on any atom is 0.0702 e. The standard InChI is InChI=1S/C16H18BrNO/c1-11-4-6-15(12(2)8-11)18(3)16-7-5-14(17)9-13(16)10-19/h4-9,19H,10H2,1-3H3. The number of nitrogens with zero attached hydrogens (tertiary/aromatic N) is 1. The molecule has 0 spiro atoms. The molecule has 0 aliphatic heterocycles. The fraction of sp³-hybridized carbons (Fsp3) is 0.250. The van der Waals surface area contributed by atoms with Gasteiger partial charge in [0.05, 0.1) is 6.61 Å². The van der Waals surface area contributed by atoms with Crippen molar-refractivity contribution in [2.75, 3.05) is 11.9 Å². The number of aliphatic hydroxyl groups is 1. The van der Waals surface area contributed by atoms with Crippen LogP contribution >= 0.6 is 15.9 Å². The second-order valence-corrected chi connectivity index (χ2v) is 5.70. The Morgan fingerprint density at radius 2 is 1.74 bits per heavy atom. The van der Waals surface area contributed by atoms with Crippen molar-refractivity contribution in [1.29, 1.82) is 0 Å². The Bertz CT molecular complexity index is 595. The van der Waals surface area contributed by atoms with Crippen molar-refractivity contribution < 1.29 is 5.11 Å². The zero-order chi connectivity index (χ0) is 14.0. The minimum absolute atomic E-state index is 0.0318. The Hall–Kier alpha value is -1.32. The minimum atomic E-state index is 0.0318. The van der Waals surface area contributed by atoms with E-state index in [1.807, 2.05) is 25.2 Å². The Morgan fingerprint density at radius 3 is 2.37 bits per heavy atom. The number of aliphatic hydroxyl groups excluding tert-OH is 1. The molecule has 0 saturated carbocycles. The van der Waals surface area contributed by atoms with Crippen LogP contribution in [0.2, 0.25) is 0 Å². The largest absolute Gasteiger partial charge is 0.392 e. The van der Waals surface area contributed by atoms with E-state index in [9.17, 15) is 5.11 Å². The number of anilines is 2. The summed E-state index contributed by atoms with van der Waals surface area (Å²) in [7, 11) is 2.03. The van der Waals surface area contributed by atoms with E-state index >= 15 is 0 Å². The lowest BCUT2D eigenvalue weighted by Crippen LogP contribution is -2.13. The third-order valence-electron chi connectivity index (χ3n) is 3.29. The lowest BCUT2D eigenvalue weighted by Gasteiger charge is -2.24. The summed E-state index contributed by atoms with van der Waals surface area (Å²) in [6, 6.07) is 12.4. The molecule has 3 heteroatoms. The average molecular weight is 320 g/mol. The van der Waals surface area contributed by atoms with Crippen molar-refractivity contribution >= 4 is 27.3 Å². The van der Waals surface area contributed by atoms with Gasteiger partial charge in [0.15, 0.2) is 0 Å². The summed E-state index contributed by atoms with van der Waals surface area (Å²) in [5, 5.41) is 9.50. The molecular weight excluding hydrogens is 302 g/mol. The van der Waals surface area contributed by atoms with Gasteiger partial charge >= 0.3 is 0 Å². The molecule has 0 unspecified atom stereocenters. The van der Waals surface area contributed by atoms with Crippen molar-refractivity contribution in [3.8, 4) is 0 Å². The highest BCUT2D eigenvalue weighted by atomic mass is 79.9. The lowest BCUT2D eigenvalue weighted by atomic mass is 10.1. The van der Waals surface area contributed by atoms with Crippen LogP contribution in [0.1, 0.15) is 16.7 Å². The molecule has 0 aliphatic rings. The highest BCUT2D eigenvalue weighted by Crippen LogP contribution is 2.31. The molecule has 100 valence electrons. The molecule has 2 nitrogen and oxygen atoms in total. The van der Waals surface area contributed by atoms with Gasteiger partial charge in [-0.2, -0.15) is 0 Å². The molecule has 2 rings (SSSR count). The van der Waals surface area contributed by atoms with Crippen molar-refractivity contribution in [3.05, 3.63) is 57.6 Å². The molecular formula is C16H18BrNO. The van der Waals surface area contributed by atoms with Crippen molar-refractivity contribution in [2.45, 2.75) is 20.5 Å². The Kier molecular flexibility index (Phi) is 4.27. The molecule has 0 saturated heterocycles. The fourth-order valence-corrected chi connectivity index (χ4v) is 2.73. The minimum Gasteiger partial charge on any atom is -0.392 e. The molecule has 0 fully saturated rings. The van der Waals surface area contributed by atoms with Crippen molar-refractivity contribution in [3.63, 3.8) is 0 Å². The van der Waals surface area contributed by atoms with Crippen LogP contribution in [-0.4, -0.2) is 12.2 Å². The van der Waals surface area contributed by atoms with Crippen LogP contribution in [-0.2, 0) is 6.61 Å². The number of rotatable bonds is 3. The summed E-state index contributed by atoms with van der Waals surface area (Å²) in [5.41, 5.74) is 5.58. The molecule has 0 aromatic heterocycles. The van der Waals surface area contributed by atoms with Crippen LogP contribution in [0.25, 0.3) is 0 Å². The van der Waals surface area contributed by atoms with Gasteiger partial charge in [0.1, 0.15) is 0 Å². The topological polar surface area (TPSA) is 23.5 Å². The number of hydrogen-bond acceptors (Lipinski definition) is 2. The predicted octanol–water partition coefficient (Wildman–Crippen LogP) is 4.33. The first-order valence-corrected chi connectivity index (χ1v) is 7.02. The van der Waals surface area contributed by atoms with E-state index in [4.69, 9.17) is 0 Å². The highest BCUT2D eigenvalue weighted by Gasteiger charge is 2.11. The van der Waals surface area contributed by atoms with Crippen LogP contribution in [0, 0.1) is 13.8 Å². The molecule has 0 heterocycles. The lowest BCUT2D eigenvalue weighted by molar-refractivity contribution is 0.282. The van der Waals surface area contributed by atoms with E-state index in [-0.39, 0.29) is 6.61 Å².